The third-order valence-corrected chi connectivity index (χ3v) is 17.5. The Morgan fingerprint density at radius 2 is 0.478 bits per heavy atom. The molecule has 4 aliphatic heterocycles. The minimum atomic E-state index is 0.322. The van der Waals surface area contributed by atoms with Crippen LogP contribution in [0.2, 0.25) is 0 Å². The highest BCUT2D eigenvalue weighted by Crippen LogP contribution is 2.27. The average molecular weight is 1550 g/mol. The van der Waals surface area contributed by atoms with Gasteiger partial charge in [-0.05, 0) is 126 Å². The topological polar surface area (TPSA) is 90.3 Å². The van der Waals surface area contributed by atoms with Gasteiger partial charge in [0.2, 0.25) is 0 Å². The fraction of sp³-hybridized carbons (Fsp3) is 0.276. The largest absolute Gasteiger partial charge is 0.508 e. The zero-order valence-electron chi connectivity index (χ0n) is 71.3. The Kier molecular flexibility index (Phi) is 49.7. The van der Waals surface area contributed by atoms with E-state index in [9.17, 15) is 0 Å². The smallest absolute Gasteiger partial charge is 0.142 e. The van der Waals surface area contributed by atoms with Gasteiger partial charge in [-0.2, -0.15) is 0 Å². The first kappa shape index (κ1) is 96.1. The standard InChI is InChI=1S/C13H12.2C11H13NO.2C9H11NO.4C9H12.2C6H6O.2C2H6/c1-3-7-12(8-4-1)11-13-9-5-2-6-10-13;2*1-2-7-12-8-10-5-3-4-6-11(10)13-9-12;2*1-10-6-8-4-2-3-5-9(8)11-7-10;4*1-8(2)9-6-4-3-5-7-9;2*7-6-4-2-1-3-5-6;2*1-2/h1-10H,11H2;2*2-6H,1,7-9H2;2*2-5H,6-7H2,1H3;4*3-8H,1-2H3;2*1-5,7H;2*1-2H3. The van der Waals surface area contributed by atoms with Crippen LogP contribution < -0.4 is 18.9 Å². The predicted octanol–water partition coefficient (Wildman–Crippen LogP) is 26.3. The van der Waals surface area contributed by atoms with Gasteiger partial charge in [-0.15, -0.1) is 13.2 Å². The molecule has 12 aromatic carbocycles. The molecule has 10 nitrogen and oxygen atoms in total. The first-order chi connectivity index (χ1) is 56.0. The molecule has 2 N–H and O–H groups in total. The van der Waals surface area contributed by atoms with Crippen molar-refractivity contribution in [3.8, 4) is 34.5 Å². The Hall–Kier alpha value is -11.2. The number of hydrogen-bond acceptors (Lipinski definition) is 10. The minimum absolute atomic E-state index is 0.322. The molecule has 0 amide bonds. The molecule has 0 unspecified atom stereocenters. The molecule has 0 saturated heterocycles. The summed E-state index contributed by atoms with van der Waals surface area (Å²) in [6, 6.07) is 113. The molecule has 0 aromatic heterocycles. The molecule has 115 heavy (non-hydrogen) atoms. The second-order valence-electron chi connectivity index (χ2n) is 28.2. The normalized spacial score (nSPS) is 12.3. The number of aromatic hydroxyl groups is 2. The molecular weight excluding hydrogens is 1410 g/mol. The molecule has 0 spiro atoms. The molecule has 0 atom stereocenters. The first-order valence-corrected chi connectivity index (χ1v) is 40.6. The lowest BCUT2D eigenvalue weighted by molar-refractivity contribution is 0.107. The number of ether oxygens (including phenoxy) is 4. The van der Waals surface area contributed by atoms with E-state index in [0.29, 0.717) is 62.1 Å². The molecule has 608 valence electrons. The summed E-state index contributed by atoms with van der Waals surface area (Å²) in [5.41, 5.74) is 13.5. The molecule has 0 aliphatic carbocycles. The van der Waals surface area contributed by atoms with Gasteiger partial charge < -0.3 is 29.2 Å². The molecule has 10 heteroatoms. The van der Waals surface area contributed by atoms with Crippen molar-refractivity contribution in [2.45, 2.75) is 139 Å². The summed E-state index contributed by atoms with van der Waals surface area (Å²) in [5.74, 6) is 7.38. The molecule has 12 aromatic rings. The summed E-state index contributed by atoms with van der Waals surface area (Å²) >= 11 is 0. The van der Waals surface area contributed by atoms with Crippen LogP contribution in [0, 0.1) is 0 Å². The first-order valence-electron chi connectivity index (χ1n) is 40.6. The lowest BCUT2D eigenvalue weighted by Gasteiger charge is -2.27. The number of nitrogens with zero attached hydrogens (tertiary/aromatic N) is 4. The van der Waals surface area contributed by atoms with Gasteiger partial charge in [0.05, 0.1) is 0 Å². The van der Waals surface area contributed by atoms with E-state index in [4.69, 9.17) is 29.2 Å². The molecular formula is C105H132N4O6. The second kappa shape index (κ2) is 59.5. The van der Waals surface area contributed by atoms with Gasteiger partial charge in [-0.25, -0.2) is 0 Å². The quantitative estimate of drug-likeness (QED) is 0.129. The molecule has 4 heterocycles. The number of benzene rings is 12. The van der Waals surface area contributed by atoms with Gasteiger partial charge >= 0.3 is 0 Å². The number of phenolic OH excluding ortho intramolecular Hbond substituents is 2. The highest BCUT2D eigenvalue weighted by Gasteiger charge is 2.17. The Labute approximate surface area is 693 Å². The molecule has 0 bridgehead atoms. The average Bonchev–Trinajstić information content (AvgIpc) is 0.862. The van der Waals surface area contributed by atoms with Crippen molar-refractivity contribution in [2.24, 2.45) is 0 Å². The van der Waals surface area contributed by atoms with E-state index in [1.165, 1.54) is 55.6 Å². The van der Waals surface area contributed by atoms with Crippen molar-refractivity contribution >= 4 is 0 Å². The Morgan fingerprint density at radius 3 is 0.687 bits per heavy atom. The van der Waals surface area contributed by atoms with Crippen molar-refractivity contribution in [3.63, 3.8) is 0 Å². The van der Waals surface area contributed by atoms with Crippen molar-refractivity contribution in [2.75, 3.05) is 54.1 Å². The van der Waals surface area contributed by atoms with Gasteiger partial charge in [0.25, 0.3) is 0 Å². The van der Waals surface area contributed by atoms with Crippen LogP contribution in [0.3, 0.4) is 0 Å². The molecule has 0 saturated carbocycles. The van der Waals surface area contributed by atoms with E-state index in [2.05, 4.69) is 284 Å². The Bertz CT molecular complexity index is 3980. The zero-order valence-corrected chi connectivity index (χ0v) is 71.3. The van der Waals surface area contributed by atoms with Crippen molar-refractivity contribution in [1.29, 1.82) is 0 Å². The summed E-state index contributed by atoms with van der Waals surface area (Å²) in [7, 11) is 4.10. The minimum Gasteiger partial charge on any atom is -0.508 e. The lowest BCUT2D eigenvalue weighted by Crippen LogP contribution is -2.31. The molecule has 0 radical (unpaired) electrons. The fourth-order valence-electron chi connectivity index (χ4n) is 11.3. The van der Waals surface area contributed by atoms with Crippen molar-refractivity contribution in [1.82, 2.24) is 19.6 Å². The van der Waals surface area contributed by atoms with E-state index >= 15 is 0 Å². The van der Waals surface area contributed by atoms with E-state index < -0.39 is 0 Å². The lowest BCUT2D eigenvalue weighted by atomic mass is 10.0. The third kappa shape index (κ3) is 41.4. The van der Waals surface area contributed by atoms with Crippen LogP contribution in [-0.2, 0) is 32.6 Å². The number of phenols is 2. The van der Waals surface area contributed by atoms with E-state index in [0.717, 1.165) is 68.7 Å². The maximum absolute atomic E-state index is 8.63. The number of hydrogen-bond donors (Lipinski definition) is 2. The molecule has 16 rings (SSSR count). The fourth-order valence-corrected chi connectivity index (χ4v) is 11.3. The Morgan fingerprint density at radius 1 is 0.278 bits per heavy atom. The van der Waals surface area contributed by atoms with Crippen LogP contribution in [0.4, 0.5) is 0 Å². The van der Waals surface area contributed by atoms with Crippen molar-refractivity contribution in [3.05, 3.63) is 421 Å². The third-order valence-electron chi connectivity index (χ3n) is 17.5. The molecule has 4 aliphatic rings. The van der Waals surface area contributed by atoms with Crippen LogP contribution in [-0.4, -0.2) is 83.9 Å². The zero-order chi connectivity index (χ0) is 83.5. The van der Waals surface area contributed by atoms with Crippen LogP contribution in [0.5, 0.6) is 34.5 Å². The summed E-state index contributed by atoms with van der Waals surface area (Å²) < 4.78 is 22.1. The number of fused-ring (bicyclic) bond motifs is 4. The van der Waals surface area contributed by atoms with Gasteiger partial charge in [0, 0.05) is 61.5 Å². The summed E-state index contributed by atoms with van der Waals surface area (Å²) in [5, 5.41) is 17.3. The molecule has 0 fully saturated rings. The summed E-state index contributed by atoms with van der Waals surface area (Å²) in [6.45, 7) is 41.5. The monoisotopic (exact) mass is 1550 g/mol. The van der Waals surface area contributed by atoms with Crippen LogP contribution in [0.25, 0.3) is 0 Å². The highest BCUT2D eigenvalue weighted by atomic mass is 16.5. The van der Waals surface area contributed by atoms with Gasteiger partial charge in [-0.1, -0.05) is 386 Å². The van der Waals surface area contributed by atoms with Crippen LogP contribution in [0.1, 0.15) is 162 Å². The maximum atomic E-state index is 8.63. The Balaban J connectivity index is 0.000000267. The van der Waals surface area contributed by atoms with E-state index in [1.807, 2.05) is 149 Å². The summed E-state index contributed by atoms with van der Waals surface area (Å²) in [4.78, 5) is 8.69. The second-order valence-corrected chi connectivity index (χ2v) is 28.2. The van der Waals surface area contributed by atoms with E-state index in [1.54, 1.807) is 48.5 Å². The SMILES string of the molecule is C=CCN1COc2ccccc2C1.C=CCN1COc2ccccc2C1.CC.CC.CC(C)c1ccccc1.CC(C)c1ccccc1.CC(C)c1ccccc1.CC(C)c1ccccc1.CN1COc2ccccc2C1.CN1COc2ccccc2C1.Oc1ccccc1.Oc1ccccc1.c1ccc(Cc2ccccc2)cc1. The van der Waals surface area contributed by atoms with Crippen LogP contribution >= 0.6 is 0 Å². The van der Waals surface area contributed by atoms with Crippen LogP contribution in [0.15, 0.2) is 365 Å². The van der Waals surface area contributed by atoms with Crippen molar-refractivity contribution < 1.29 is 29.2 Å². The highest BCUT2D eigenvalue weighted by molar-refractivity contribution is 5.37. The number of rotatable bonds is 10. The summed E-state index contributed by atoms with van der Waals surface area (Å²) in [6.07, 6.45) is 4.83. The number of para-hydroxylation sites is 6. The van der Waals surface area contributed by atoms with Gasteiger partial charge in [0.15, 0.2) is 0 Å². The van der Waals surface area contributed by atoms with E-state index in [-0.39, 0.29) is 0 Å². The maximum Gasteiger partial charge on any atom is 0.142 e. The van der Waals surface area contributed by atoms with Gasteiger partial charge in [-0.3, -0.25) is 19.6 Å². The van der Waals surface area contributed by atoms with Gasteiger partial charge in [0.1, 0.15) is 61.4 Å². The predicted molar refractivity (Wildman–Crippen MR) is 489 cm³/mol.